The van der Waals surface area contributed by atoms with Gasteiger partial charge in [-0.25, -0.2) is 79.7 Å². The van der Waals surface area contributed by atoms with Gasteiger partial charge >= 0.3 is 0 Å². The molecule has 0 atom stereocenters. The smallest absolute Gasteiger partial charge is 0.162 e. The summed E-state index contributed by atoms with van der Waals surface area (Å²) in [6.45, 7) is 0. The molecular weight excluding hydrogens is 608 g/mol. The first kappa shape index (κ1) is 27.0. The molecule has 16 heteroatoms. The van der Waals surface area contributed by atoms with Gasteiger partial charge in [0.15, 0.2) is 43.8 Å². The topological polar surface area (TPSA) is 206 Å². The quantitative estimate of drug-likeness (QED) is 0.226. The van der Waals surface area contributed by atoms with Crippen molar-refractivity contribution in [3.63, 3.8) is 0 Å². The molecule has 8 aromatic heterocycles. The zero-order chi connectivity index (χ0) is 31.9. The molecule has 0 N–H and O–H groups in total. The summed E-state index contributed by atoms with van der Waals surface area (Å²) < 4.78 is 0. The van der Waals surface area contributed by atoms with E-state index in [0.717, 1.165) is 0 Å². The Labute approximate surface area is 264 Å². The third kappa shape index (κ3) is 5.00. The highest BCUT2D eigenvalue weighted by Gasteiger charge is 1.97. The van der Waals surface area contributed by atoms with Gasteiger partial charge < -0.3 is 0 Å². The van der Waals surface area contributed by atoms with Gasteiger partial charge in [0.25, 0.3) is 0 Å². The van der Waals surface area contributed by atoms with Gasteiger partial charge in [-0.2, -0.15) is 0 Å². The van der Waals surface area contributed by atoms with E-state index in [0.29, 0.717) is 85.6 Å². The first-order valence-corrected chi connectivity index (χ1v) is 14.3. The second kappa shape index (κ2) is 11.2. The molecular formula is C32H16N16. The molecule has 30 rings (SSSR count). The van der Waals surface area contributed by atoms with Crippen molar-refractivity contribution in [2.45, 2.75) is 0 Å². The Balaban J connectivity index is 1.30. The van der Waals surface area contributed by atoms with Crippen LogP contribution in [0.4, 0.5) is 0 Å². The lowest BCUT2D eigenvalue weighted by molar-refractivity contribution is 0.964. The molecule has 48 heavy (non-hydrogen) atoms. The molecule has 0 amide bonds. The third-order valence-corrected chi connectivity index (χ3v) is 7.28. The number of aromatic nitrogens is 16. The minimum absolute atomic E-state index is 0.456. The molecule has 224 valence electrons. The number of hydrogen-bond acceptors (Lipinski definition) is 16. The Morgan fingerprint density at radius 2 is 0.229 bits per heavy atom. The van der Waals surface area contributed by atoms with Crippen LogP contribution in [0, 0.1) is 85.6 Å². The van der Waals surface area contributed by atoms with Crippen LogP contribution in [-0.4, -0.2) is 79.7 Å². The van der Waals surface area contributed by atoms with E-state index >= 15 is 0 Å². The molecule has 0 unspecified atom stereocenters. The van der Waals surface area contributed by atoms with E-state index in [-0.39, 0.29) is 0 Å². The SMILES string of the molecule is c1nc2ncc1=c1ncc(cn1)=c1ncc(cn1)=c1ncc(cn1)=c1ncc(cn1)=c1ncc(cn1)=c1ncc(cn1)=c1ncc=2cn1. The second-order valence-electron chi connectivity index (χ2n) is 10.4. The van der Waals surface area contributed by atoms with E-state index in [1.165, 1.54) is 0 Å². The van der Waals surface area contributed by atoms with Crippen LogP contribution in [0.1, 0.15) is 0 Å². The molecule has 8 aromatic rings. The maximum atomic E-state index is 4.47. The molecule has 16 bridgehead atoms. The molecule has 0 spiro atoms. The van der Waals surface area contributed by atoms with Crippen molar-refractivity contribution in [1.29, 1.82) is 0 Å². The Morgan fingerprint density at radius 3 is 0.312 bits per heavy atom. The fraction of sp³-hybridized carbons (Fsp3) is 0. The van der Waals surface area contributed by atoms with Crippen LogP contribution < -0.4 is 0 Å². The minimum atomic E-state index is 0.456. The zero-order valence-corrected chi connectivity index (χ0v) is 24.4. The Morgan fingerprint density at radius 1 is 0.146 bits per heavy atom. The van der Waals surface area contributed by atoms with Crippen molar-refractivity contribution < 1.29 is 0 Å². The molecule has 22 aliphatic heterocycles. The van der Waals surface area contributed by atoms with Crippen LogP contribution in [0.2, 0.25) is 0 Å². The first-order valence-electron chi connectivity index (χ1n) is 14.3. The Bertz CT molecular complexity index is 2310. The predicted octanol–water partition coefficient (Wildman–Crippen LogP) is 0.616. The molecule has 0 fully saturated rings. The second-order valence-corrected chi connectivity index (χ2v) is 10.4. The van der Waals surface area contributed by atoms with E-state index in [1.54, 1.807) is 99.1 Å². The molecule has 0 saturated carbocycles. The summed E-state index contributed by atoms with van der Waals surface area (Å²) >= 11 is 0. The summed E-state index contributed by atoms with van der Waals surface area (Å²) in [6.07, 6.45) is 26.4. The maximum absolute atomic E-state index is 4.47. The van der Waals surface area contributed by atoms with Crippen molar-refractivity contribution in [2.75, 3.05) is 0 Å². The van der Waals surface area contributed by atoms with E-state index in [1.807, 2.05) is 0 Å². The van der Waals surface area contributed by atoms with Gasteiger partial charge in [-0.05, 0) is 0 Å². The summed E-state index contributed by atoms with van der Waals surface area (Å²) in [4.78, 5) is 71.5. The standard InChI is InChI=1S/C32H16N16/c1-17-2-34-26(33-1)18-3-37-28(38-4-18)20-7-41-30(42-8-20)22-11-45-32(46-12-22)24-15-47-31(48-16-24)23-13-43-29(44-14-23)21-9-39-27(40-10-21)19-5-35-25(17)36-6-19/h1-16H. The van der Waals surface area contributed by atoms with E-state index in [4.69, 9.17) is 0 Å². The van der Waals surface area contributed by atoms with E-state index in [9.17, 15) is 0 Å². The summed E-state index contributed by atoms with van der Waals surface area (Å²) in [6, 6.07) is 0. The predicted molar refractivity (Wildman–Crippen MR) is 158 cm³/mol. The van der Waals surface area contributed by atoms with Crippen molar-refractivity contribution in [2.24, 2.45) is 0 Å². The lowest BCUT2D eigenvalue weighted by atomic mass is 10.4. The van der Waals surface area contributed by atoms with Gasteiger partial charge in [-0.15, -0.1) is 0 Å². The van der Waals surface area contributed by atoms with Crippen LogP contribution in [-0.2, 0) is 0 Å². The molecule has 16 nitrogen and oxygen atoms in total. The highest BCUT2D eigenvalue weighted by atomic mass is 14.9. The molecule has 0 aliphatic carbocycles. The first-order chi connectivity index (χ1) is 23.7. The van der Waals surface area contributed by atoms with Crippen molar-refractivity contribution in [3.05, 3.63) is 185 Å². The molecule has 0 radical (unpaired) electrons. The summed E-state index contributed by atoms with van der Waals surface area (Å²) in [5, 5.41) is 5.14. The Hall–Kier alpha value is -7.36. The molecule has 0 saturated heterocycles. The normalized spacial score (nSPS) is 11.3. The number of nitrogens with zero attached hydrogens (tertiary/aromatic N) is 16. The minimum Gasteiger partial charge on any atom is -0.236 e. The fourth-order valence-corrected chi connectivity index (χ4v) is 4.74. The fourth-order valence-electron chi connectivity index (χ4n) is 4.74. The van der Waals surface area contributed by atoms with Crippen molar-refractivity contribution in [1.82, 2.24) is 79.7 Å². The summed E-state index contributed by atoms with van der Waals surface area (Å²) in [5.41, 5.74) is 3.65. The van der Waals surface area contributed by atoms with Gasteiger partial charge in [0.2, 0.25) is 0 Å². The monoisotopic (exact) mass is 624 g/mol. The highest BCUT2D eigenvalue weighted by molar-refractivity contribution is 5.04. The Kier molecular flexibility index (Phi) is 6.31. The number of hydrogen-bond donors (Lipinski definition) is 0. The van der Waals surface area contributed by atoms with Crippen molar-refractivity contribution >= 4 is 0 Å². The lowest BCUT2D eigenvalue weighted by Crippen LogP contribution is -1.94. The number of rotatable bonds is 0. The summed E-state index contributed by atoms with van der Waals surface area (Å²) in [5.74, 6) is 0. The van der Waals surface area contributed by atoms with Gasteiger partial charge in [0, 0.05) is 99.1 Å². The van der Waals surface area contributed by atoms with Crippen LogP contribution in [0.25, 0.3) is 0 Å². The van der Waals surface area contributed by atoms with Crippen LogP contribution in [0.15, 0.2) is 99.1 Å². The average Bonchev–Trinajstić information content (AvgIpc) is 3.18. The summed E-state index contributed by atoms with van der Waals surface area (Å²) in [7, 11) is 0. The van der Waals surface area contributed by atoms with Gasteiger partial charge in [0.05, 0.1) is 41.7 Å². The van der Waals surface area contributed by atoms with Crippen LogP contribution in [0.5, 0.6) is 0 Å². The van der Waals surface area contributed by atoms with Crippen molar-refractivity contribution in [3.8, 4) is 0 Å². The van der Waals surface area contributed by atoms with E-state index in [2.05, 4.69) is 79.7 Å². The van der Waals surface area contributed by atoms with E-state index < -0.39 is 0 Å². The maximum Gasteiger partial charge on any atom is 0.162 e. The zero-order valence-electron chi connectivity index (χ0n) is 24.4. The van der Waals surface area contributed by atoms with Crippen LogP contribution >= 0.6 is 0 Å². The van der Waals surface area contributed by atoms with Crippen LogP contribution in [0.3, 0.4) is 0 Å². The van der Waals surface area contributed by atoms with Gasteiger partial charge in [-0.1, -0.05) is 0 Å². The average molecular weight is 625 g/mol. The van der Waals surface area contributed by atoms with Gasteiger partial charge in [-0.3, -0.25) is 0 Å². The molecule has 22 aliphatic rings. The third-order valence-electron chi connectivity index (χ3n) is 7.28. The lowest BCUT2D eigenvalue weighted by Gasteiger charge is -1.92. The highest BCUT2D eigenvalue weighted by Crippen LogP contribution is 1.97. The molecule has 0 aromatic carbocycles. The largest absolute Gasteiger partial charge is 0.236 e. The molecule has 30 heterocycles. The van der Waals surface area contributed by atoms with Gasteiger partial charge in [0.1, 0.15) is 0 Å².